The van der Waals surface area contributed by atoms with Crippen molar-refractivity contribution in [2.45, 2.75) is 44.9 Å². The molecular formula is C57H46BN. The maximum absolute atomic E-state index is 2.62. The third-order valence-electron chi connectivity index (χ3n) is 13.6. The average Bonchev–Trinajstić information content (AvgIpc) is 3.64. The van der Waals surface area contributed by atoms with Crippen molar-refractivity contribution >= 4 is 34.0 Å². The molecule has 0 saturated carbocycles. The first-order chi connectivity index (χ1) is 29.0. The van der Waals surface area contributed by atoms with Crippen LogP contribution in [0.2, 0.25) is 0 Å². The number of aryl methyl sites for hydroxylation is 1. The Kier molecular flexibility index (Phi) is 8.27. The molecule has 2 aliphatic heterocycles. The van der Waals surface area contributed by atoms with Crippen molar-refractivity contribution in [3.63, 3.8) is 0 Å². The monoisotopic (exact) mass is 755 g/mol. The van der Waals surface area contributed by atoms with Crippen LogP contribution in [0.3, 0.4) is 0 Å². The second-order valence-corrected chi connectivity index (χ2v) is 17.0. The van der Waals surface area contributed by atoms with Crippen LogP contribution in [0.4, 0.5) is 0 Å². The predicted molar refractivity (Wildman–Crippen MR) is 250 cm³/mol. The van der Waals surface area contributed by atoms with E-state index in [1.807, 2.05) is 0 Å². The van der Waals surface area contributed by atoms with Gasteiger partial charge in [-0.25, -0.2) is 0 Å². The van der Waals surface area contributed by atoms with Gasteiger partial charge in [-0.3, -0.25) is 0 Å². The summed E-state index contributed by atoms with van der Waals surface area (Å²) in [7, 11) is 0. The van der Waals surface area contributed by atoms with Gasteiger partial charge in [0.05, 0.1) is 11.1 Å². The number of aromatic nitrogens is 1. The van der Waals surface area contributed by atoms with Crippen molar-refractivity contribution in [2.75, 3.05) is 0 Å². The minimum Gasteiger partial charge on any atom is -0.320 e. The molecule has 3 heterocycles. The third-order valence-corrected chi connectivity index (χ3v) is 13.6. The lowest BCUT2D eigenvalue weighted by atomic mass is 9.31. The number of rotatable bonds is 7. The molecule has 8 aromatic carbocycles. The molecule has 1 nitrogen and oxygen atoms in total. The fourth-order valence-corrected chi connectivity index (χ4v) is 11.1. The van der Waals surface area contributed by atoms with Crippen molar-refractivity contribution in [3.8, 4) is 28.1 Å². The molecule has 0 amide bonds. The van der Waals surface area contributed by atoms with Crippen LogP contribution >= 0.6 is 0 Å². The van der Waals surface area contributed by atoms with E-state index in [0.29, 0.717) is 5.92 Å². The lowest BCUT2D eigenvalue weighted by Gasteiger charge is -2.44. The van der Waals surface area contributed by atoms with Gasteiger partial charge in [0, 0.05) is 28.0 Å². The zero-order chi connectivity index (χ0) is 39.8. The highest BCUT2D eigenvalue weighted by Gasteiger charge is 2.48. The summed E-state index contributed by atoms with van der Waals surface area (Å²) in [6.07, 6.45) is 0. The molecule has 1 atom stereocenters. The smallest absolute Gasteiger partial charge is 0.265 e. The minimum atomic E-state index is -0.581. The van der Waals surface area contributed by atoms with Crippen LogP contribution in [-0.4, -0.2) is 11.3 Å². The number of fused-ring (bicyclic) bond motifs is 4. The normalized spacial score (nSPS) is 14.1. The van der Waals surface area contributed by atoms with Crippen LogP contribution in [0.15, 0.2) is 194 Å². The summed E-state index contributed by atoms with van der Waals surface area (Å²) < 4.78 is 2.62. The molecule has 0 unspecified atom stereocenters. The minimum absolute atomic E-state index is 0.00328. The van der Waals surface area contributed by atoms with E-state index in [1.54, 1.807) is 0 Å². The zero-order valence-corrected chi connectivity index (χ0v) is 34.2. The van der Waals surface area contributed by atoms with Gasteiger partial charge in [0.1, 0.15) is 0 Å². The van der Waals surface area contributed by atoms with Gasteiger partial charge >= 0.3 is 0 Å². The molecule has 0 spiro atoms. The fraction of sp³-hybridized carbons (Fsp3) is 0.123. The van der Waals surface area contributed by atoms with Gasteiger partial charge in [0.2, 0.25) is 0 Å². The maximum Gasteiger partial charge on any atom is 0.265 e. The molecule has 0 N–H and O–H groups in total. The van der Waals surface area contributed by atoms with Crippen LogP contribution in [-0.2, 0) is 5.41 Å². The fourth-order valence-electron chi connectivity index (χ4n) is 11.1. The van der Waals surface area contributed by atoms with E-state index in [4.69, 9.17) is 0 Å². The second-order valence-electron chi connectivity index (χ2n) is 17.0. The molecule has 11 rings (SSSR count). The molecule has 0 bridgehead atoms. The average molecular weight is 756 g/mol. The first-order valence-electron chi connectivity index (χ1n) is 21.2. The summed E-state index contributed by atoms with van der Waals surface area (Å²) in [4.78, 5) is 0. The quantitative estimate of drug-likeness (QED) is 0.113. The highest BCUT2D eigenvalue weighted by molar-refractivity contribution is 6.99. The lowest BCUT2D eigenvalue weighted by molar-refractivity contribution is 0.716. The molecule has 2 heteroatoms. The standard InChI is InChI=1S/C57H46BN/c1-37(2)41-35-47-39(4)52-50(57(42-24-11-6-12-25-42,43-26-13-7-14-27-43)49-32-18-17-21-38(49)3)33-20-34-51(52)58-54(47)48(36-41)45-30-19-31-46-53(45)56(58)59(44-28-15-8-16-29-44)55(46)40-22-9-5-10-23-40/h5-37,39H,1-4H3/t39-/m1/s1. The van der Waals surface area contributed by atoms with Crippen LogP contribution < -0.4 is 16.5 Å². The molecule has 2 aliphatic rings. The summed E-state index contributed by atoms with van der Waals surface area (Å²) in [6, 6.07) is 73.2. The Bertz CT molecular complexity index is 2990. The van der Waals surface area contributed by atoms with Crippen LogP contribution in [0, 0.1) is 6.92 Å². The van der Waals surface area contributed by atoms with E-state index in [2.05, 4.69) is 226 Å². The summed E-state index contributed by atoms with van der Waals surface area (Å²) in [5.41, 5.74) is 20.8. The first-order valence-corrected chi connectivity index (χ1v) is 21.2. The largest absolute Gasteiger partial charge is 0.320 e. The van der Waals surface area contributed by atoms with Crippen molar-refractivity contribution in [3.05, 3.63) is 239 Å². The zero-order valence-electron chi connectivity index (χ0n) is 34.2. The molecule has 1 aromatic heterocycles. The highest BCUT2D eigenvalue weighted by atomic mass is 15.0. The summed E-state index contributed by atoms with van der Waals surface area (Å²) >= 11 is 0. The third kappa shape index (κ3) is 5.12. The van der Waals surface area contributed by atoms with Crippen molar-refractivity contribution in [1.29, 1.82) is 0 Å². The van der Waals surface area contributed by atoms with Crippen molar-refractivity contribution in [2.24, 2.45) is 0 Å². The van der Waals surface area contributed by atoms with E-state index >= 15 is 0 Å². The van der Waals surface area contributed by atoms with Crippen LogP contribution in [0.1, 0.15) is 77.1 Å². The number of nitrogens with zero attached hydrogens (tertiary/aromatic N) is 1. The molecule has 0 aliphatic carbocycles. The van der Waals surface area contributed by atoms with Gasteiger partial charge in [-0.15, -0.1) is 0 Å². The maximum atomic E-state index is 2.62. The van der Waals surface area contributed by atoms with Crippen molar-refractivity contribution in [1.82, 2.24) is 4.57 Å². The van der Waals surface area contributed by atoms with Gasteiger partial charge in [-0.1, -0.05) is 214 Å². The molecule has 0 fully saturated rings. The van der Waals surface area contributed by atoms with Gasteiger partial charge < -0.3 is 4.57 Å². The Balaban J connectivity index is 1.33. The Morgan fingerprint density at radius 3 is 1.83 bits per heavy atom. The Hall–Kier alpha value is -6.64. The number of hydrogen-bond donors (Lipinski definition) is 0. The van der Waals surface area contributed by atoms with Crippen molar-refractivity contribution < 1.29 is 0 Å². The number of benzene rings is 8. The van der Waals surface area contributed by atoms with Gasteiger partial charge in [-0.05, 0) is 86.2 Å². The van der Waals surface area contributed by atoms with Crippen LogP contribution in [0.5, 0.6) is 0 Å². The van der Waals surface area contributed by atoms with Gasteiger partial charge in [0.15, 0.2) is 0 Å². The molecule has 282 valence electrons. The molecule has 0 radical (unpaired) electrons. The second kappa shape index (κ2) is 13.7. The van der Waals surface area contributed by atoms with E-state index < -0.39 is 5.41 Å². The Morgan fingerprint density at radius 1 is 0.576 bits per heavy atom. The molecular weight excluding hydrogens is 709 g/mol. The number of para-hydroxylation sites is 1. The first kappa shape index (κ1) is 35.5. The van der Waals surface area contributed by atoms with Gasteiger partial charge in [0.25, 0.3) is 6.71 Å². The highest BCUT2D eigenvalue weighted by Crippen LogP contribution is 2.51. The summed E-state index contributed by atoms with van der Waals surface area (Å²) in [6.45, 7) is 9.47. The topological polar surface area (TPSA) is 4.93 Å². The molecule has 59 heavy (non-hydrogen) atoms. The van der Waals surface area contributed by atoms with E-state index in [1.165, 1.54) is 99.9 Å². The lowest BCUT2D eigenvalue weighted by Crippen LogP contribution is -2.62. The molecule has 9 aromatic rings. The van der Waals surface area contributed by atoms with Gasteiger partial charge in [-0.2, -0.15) is 0 Å². The SMILES string of the molecule is Cc1ccccc1C(c1ccccc1)(c1ccccc1)c1cccc2c1[C@H](C)c1cc(C(C)C)cc3c1B2c1c2c-3cccc2c(-c2ccccc2)n1-c1ccccc1. The predicted octanol–water partition coefficient (Wildman–Crippen LogP) is 12.1. The summed E-state index contributed by atoms with van der Waals surface area (Å²) in [5, 5.41) is 2.66. The van der Waals surface area contributed by atoms with E-state index in [9.17, 15) is 0 Å². The van der Waals surface area contributed by atoms with Crippen LogP contribution in [0.25, 0.3) is 38.8 Å². The summed E-state index contributed by atoms with van der Waals surface area (Å²) in [5.74, 6) is 0.517. The van der Waals surface area contributed by atoms with E-state index in [0.717, 1.165) is 0 Å². The van der Waals surface area contributed by atoms with E-state index in [-0.39, 0.29) is 12.6 Å². The molecule has 0 saturated heterocycles. The Labute approximate surface area is 348 Å². The Morgan fingerprint density at radius 2 is 1.17 bits per heavy atom. The number of hydrogen-bond acceptors (Lipinski definition) is 0.